The molecule has 5 rings (SSSR count). The van der Waals surface area contributed by atoms with Gasteiger partial charge in [-0.05, 0) is 72.4 Å². The smallest absolute Gasteiger partial charge is 0.321 e. The molecule has 1 unspecified atom stereocenters. The third kappa shape index (κ3) is 5.53. The first-order valence-electron chi connectivity index (χ1n) is 12.6. The summed E-state index contributed by atoms with van der Waals surface area (Å²) in [7, 11) is 0. The first-order chi connectivity index (χ1) is 17.8. The van der Waals surface area contributed by atoms with Gasteiger partial charge in [-0.25, -0.2) is 23.8 Å². The van der Waals surface area contributed by atoms with Crippen molar-refractivity contribution < 1.29 is 9.18 Å². The van der Waals surface area contributed by atoms with E-state index in [-0.39, 0.29) is 23.2 Å². The van der Waals surface area contributed by atoms with E-state index in [4.69, 9.17) is 5.10 Å². The molecule has 0 spiro atoms. The number of urea groups is 1. The molecule has 1 aliphatic heterocycles. The van der Waals surface area contributed by atoms with Crippen molar-refractivity contribution in [3.63, 3.8) is 0 Å². The Balaban J connectivity index is 1.38. The van der Waals surface area contributed by atoms with Gasteiger partial charge in [-0.15, -0.1) is 0 Å². The number of benzene rings is 2. The van der Waals surface area contributed by atoms with Crippen molar-refractivity contribution in [3.05, 3.63) is 90.1 Å². The van der Waals surface area contributed by atoms with Gasteiger partial charge in [-0.2, -0.15) is 5.10 Å². The number of carbonyl (C=O) groups is 1. The number of carbonyl (C=O) groups excluding carboxylic acids is 1. The maximum atomic E-state index is 13.5. The van der Waals surface area contributed by atoms with E-state index in [9.17, 15) is 9.18 Å². The number of anilines is 1. The van der Waals surface area contributed by atoms with E-state index in [1.165, 1.54) is 17.7 Å². The molecule has 190 valence electrons. The van der Waals surface area contributed by atoms with Crippen molar-refractivity contribution in [1.29, 1.82) is 0 Å². The molecular formula is C29H31FN6O. The quantitative estimate of drug-likeness (QED) is 0.365. The van der Waals surface area contributed by atoms with Crippen LogP contribution in [0.5, 0.6) is 0 Å². The third-order valence-electron chi connectivity index (χ3n) is 6.75. The summed E-state index contributed by atoms with van der Waals surface area (Å²) >= 11 is 0. The van der Waals surface area contributed by atoms with Crippen molar-refractivity contribution in [2.45, 2.75) is 44.9 Å². The number of nitrogens with one attached hydrogen (secondary N) is 1. The highest BCUT2D eigenvalue weighted by molar-refractivity contribution is 5.89. The van der Waals surface area contributed by atoms with E-state index in [1.54, 1.807) is 35.3 Å². The molecule has 2 aromatic carbocycles. The topological polar surface area (TPSA) is 75.9 Å². The van der Waals surface area contributed by atoms with Gasteiger partial charge in [0, 0.05) is 42.7 Å². The molecular weight excluding hydrogens is 467 g/mol. The Bertz CT molecular complexity index is 1360. The molecule has 8 heteroatoms. The lowest BCUT2D eigenvalue weighted by molar-refractivity contribution is 0.191. The molecule has 1 aliphatic rings. The zero-order chi connectivity index (χ0) is 26.0. The number of nitrogens with zero attached hydrogens (tertiary/aromatic N) is 5. The van der Waals surface area contributed by atoms with Crippen LogP contribution in [0.15, 0.2) is 73.1 Å². The molecule has 1 fully saturated rings. The minimum absolute atomic E-state index is 0.0493. The highest BCUT2D eigenvalue weighted by Gasteiger charge is 2.29. The summed E-state index contributed by atoms with van der Waals surface area (Å²) in [5, 5.41) is 7.82. The van der Waals surface area contributed by atoms with Crippen LogP contribution in [0.3, 0.4) is 0 Å². The number of piperidine rings is 1. The van der Waals surface area contributed by atoms with E-state index in [1.807, 2.05) is 23.1 Å². The van der Waals surface area contributed by atoms with Gasteiger partial charge in [-0.3, -0.25) is 0 Å². The summed E-state index contributed by atoms with van der Waals surface area (Å²) in [4.78, 5) is 23.8. The number of hydrogen-bond donors (Lipinski definition) is 1. The number of likely N-dealkylation sites (tertiary alicyclic amines) is 1. The molecule has 2 aromatic heterocycles. The normalized spacial score (nSPS) is 16.0. The molecule has 0 saturated carbocycles. The van der Waals surface area contributed by atoms with Gasteiger partial charge in [0.2, 0.25) is 0 Å². The van der Waals surface area contributed by atoms with Gasteiger partial charge >= 0.3 is 6.03 Å². The van der Waals surface area contributed by atoms with Crippen LogP contribution in [0.1, 0.15) is 50.8 Å². The highest BCUT2D eigenvalue weighted by Crippen LogP contribution is 2.32. The van der Waals surface area contributed by atoms with Crippen molar-refractivity contribution in [3.8, 4) is 17.2 Å². The number of hydrogen-bond acceptors (Lipinski definition) is 4. The van der Waals surface area contributed by atoms with Gasteiger partial charge in [0.25, 0.3) is 5.95 Å². The van der Waals surface area contributed by atoms with Gasteiger partial charge in [-0.1, -0.05) is 32.9 Å². The van der Waals surface area contributed by atoms with Crippen LogP contribution in [-0.2, 0) is 5.41 Å². The molecule has 37 heavy (non-hydrogen) atoms. The lowest BCUT2D eigenvalue weighted by Crippen LogP contribution is -2.42. The Labute approximate surface area is 216 Å². The maximum absolute atomic E-state index is 13.5. The summed E-state index contributed by atoms with van der Waals surface area (Å²) in [6.07, 6.45) is 5.13. The largest absolute Gasteiger partial charge is 0.324 e. The van der Waals surface area contributed by atoms with E-state index >= 15 is 0 Å². The average molecular weight is 499 g/mol. The molecule has 1 atom stereocenters. The van der Waals surface area contributed by atoms with Crippen LogP contribution in [0.2, 0.25) is 0 Å². The van der Waals surface area contributed by atoms with E-state index in [0.29, 0.717) is 24.7 Å². The molecule has 0 bridgehead atoms. The van der Waals surface area contributed by atoms with Crippen LogP contribution < -0.4 is 5.32 Å². The number of rotatable bonds is 4. The first kappa shape index (κ1) is 24.6. The standard InChI is InChI=1S/C29H31FN6O/c1-29(2,3)22-9-13-24(14-10-22)33-28(37)35-17-4-6-21(19-35)26-18-25(20-7-11-23(30)12-8-20)34-36(26)27-31-15-5-16-32-27/h5,7-16,18,21H,4,6,17,19H2,1-3H3,(H,33,37). The van der Waals surface area contributed by atoms with Crippen molar-refractivity contribution >= 4 is 11.7 Å². The predicted octanol–water partition coefficient (Wildman–Crippen LogP) is 6.18. The summed E-state index contributed by atoms with van der Waals surface area (Å²) in [6, 6.07) is 17.9. The van der Waals surface area contributed by atoms with Gasteiger partial charge in [0.1, 0.15) is 5.82 Å². The molecule has 4 aromatic rings. The minimum Gasteiger partial charge on any atom is -0.324 e. The van der Waals surface area contributed by atoms with Crippen LogP contribution in [-0.4, -0.2) is 43.8 Å². The maximum Gasteiger partial charge on any atom is 0.321 e. The second-order valence-corrected chi connectivity index (χ2v) is 10.5. The second-order valence-electron chi connectivity index (χ2n) is 10.5. The molecule has 2 amide bonds. The zero-order valence-electron chi connectivity index (χ0n) is 21.4. The lowest BCUT2D eigenvalue weighted by Gasteiger charge is -2.33. The van der Waals surface area contributed by atoms with Crippen LogP contribution in [0.4, 0.5) is 14.9 Å². The van der Waals surface area contributed by atoms with Gasteiger partial charge in [0.05, 0.1) is 11.4 Å². The van der Waals surface area contributed by atoms with E-state index in [2.05, 4.69) is 48.2 Å². The monoisotopic (exact) mass is 498 g/mol. The Hall–Kier alpha value is -4.07. The number of amides is 2. The molecule has 0 aliphatic carbocycles. The first-order valence-corrected chi connectivity index (χ1v) is 12.6. The molecule has 1 N–H and O–H groups in total. The summed E-state index contributed by atoms with van der Waals surface area (Å²) < 4.78 is 15.2. The Morgan fingerprint density at radius 1 is 1.03 bits per heavy atom. The summed E-state index contributed by atoms with van der Waals surface area (Å²) in [6.45, 7) is 7.74. The summed E-state index contributed by atoms with van der Waals surface area (Å²) in [5.74, 6) is 0.219. The van der Waals surface area contributed by atoms with Crippen molar-refractivity contribution in [2.75, 3.05) is 18.4 Å². The van der Waals surface area contributed by atoms with Crippen molar-refractivity contribution in [1.82, 2.24) is 24.6 Å². The SMILES string of the molecule is CC(C)(C)c1ccc(NC(=O)N2CCCC(c3cc(-c4ccc(F)cc4)nn3-c3ncccn3)C2)cc1. The van der Waals surface area contributed by atoms with Crippen molar-refractivity contribution in [2.24, 2.45) is 0 Å². The van der Waals surface area contributed by atoms with Crippen LogP contribution in [0, 0.1) is 5.82 Å². The van der Waals surface area contributed by atoms with Gasteiger partial charge in [0.15, 0.2) is 0 Å². The molecule has 3 heterocycles. The van der Waals surface area contributed by atoms with E-state index < -0.39 is 0 Å². The third-order valence-corrected chi connectivity index (χ3v) is 6.75. The van der Waals surface area contributed by atoms with Crippen LogP contribution >= 0.6 is 0 Å². The lowest BCUT2D eigenvalue weighted by atomic mass is 9.87. The number of halogens is 1. The molecule has 0 radical (unpaired) electrons. The molecule has 7 nitrogen and oxygen atoms in total. The second kappa shape index (κ2) is 10.1. The van der Waals surface area contributed by atoms with Crippen LogP contribution in [0.25, 0.3) is 17.2 Å². The minimum atomic E-state index is -0.295. The average Bonchev–Trinajstić information content (AvgIpc) is 3.35. The van der Waals surface area contributed by atoms with E-state index in [0.717, 1.165) is 29.8 Å². The predicted molar refractivity (Wildman–Crippen MR) is 142 cm³/mol. The fraction of sp³-hybridized carbons (Fsp3) is 0.310. The number of aromatic nitrogens is 4. The Morgan fingerprint density at radius 3 is 2.41 bits per heavy atom. The van der Waals surface area contributed by atoms with Gasteiger partial charge < -0.3 is 10.2 Å². The Kier molecular flexibility index (Phi) is 6.74. The fourth-order valence-electron chi connectivity index (χ4n) is 4.67. The molecule has 1 saturated heterocycles. The Morgan fingerprint density at radius 2 is 1.73 bits per heavy atom. The zero-order valence-corrected chi connectivity index (χ0v) is 21.4. The highest BCUT2D eigenvalue weighted by atomic mass is 19.1. The summed E-state index contributed by atoms with van der Waals surface area (Å²) in [5.41, 5.74) is 4.50. The fourth-order valence-corrected chi connectivity index (χ4v) is 4.67.